The first-order chi connectivity index (χ1) is 13.5. The van der Waals surface area contributed by atoms with E-state index in [9.17, 15) is 0 Å². The molecule has 1 atom stereocenters. The van der Waals surface area contributed by atoms with E-state index < -0.39 is 0 Å². The van der Waals surface area contributed by atoms with Crippen LogP contribution in [0.25, 0.3) is 22.2 Å². The quantitative estimate of drug-likeness (QED) is 0.509. The van der Waals surface area contributed by atoms with Crippen molar-refractivity contribution in [1.29, 1.82) is 0 Å². The van der Waals surface area contributed by atoms with Gasteiger partial charge < -0.3 is 15.1 Å². The Morgan fingerprint density at radius 2 is 1.79 bits per heavy atom. The lowest BCUT2D eigenvalue weighted by Gasteiger charge is -2.13. The molecular weight excluding hydrogens is 374 g/mol. The minimum atomic E-state index is -0.134. The Labute approximate surface area is 166 Å². The summed E-state index contributed by atoms with van der Waals surface area (Å²) in [4.78, 5) is 14.6. The highest BCUT2D eigenvalue weighted by atomic mass is 32.2. The largest absolute Gasteiger partial charge is 0.411 e. The van der Waals surface area contributed by atoms with Crippen LogP contribution in [-0.4, -0.2) is 39.2 Å². The van der Waals surface area contributed by atoms with Crippen molar-refractivity contribution >= 4 is 34.4 Å². The molecule has 0 spiro atoms. The van der Waals surface area contributed by atoms with Gasteiger partial charge in [-0.2, -0.15) is 15.0 Å². The SMILES string of the molecule is CC(Sc1nnc(-c2cccc3ccccc23)o1)c1nc(N)nc(N(C)C)n1. The number of nitrogens with two attached hydrogens (primary N) is 1. The second-order valence-corrected chi connectivity index (χ2v) is 7.70. The molecule has 1 unspecified atom stereocenters. The number of nitrogen functional groups attached to an aromatic ring is 1. The number of thioether (sulfide) groups is 1. The molecule has 0 aliphatic heterocycles. The van der Waals surface area contributed by atoms with Gasteiger partial charge in [0.15, 0.2) is 0 Å². The molecule has 2 heterocycles. The molecule has 0 amide bonds. The van der Waals surface area contributed by atoms with Crippen molar-refractivity contribution in [3.8, 4) is 11.5 Å². The lowest BCUT2D eigenvalue weighted by atomic mass is 10.0. The first kappa shape index (κ1) is 18.2. The Morgan fingerprint density at radius 1 is 1.00 bits per heavy atom. The average Bonchev–Trinajstić information content (AvgIpc) is 3.15. The summed E-state index contributed by atoms with van der Waals surface area (Å²) in [7, 11) is 3.70. The van der Waals surface area contributed by atoms with E-state index in [-0.39, 0.29) is 11.2 Å². The highest BCUT2D eigenvalue weighted by molar-refractivity contribution is 7.99. The zero-order valence-corrected chi connectivity index (χ0v) is 16.5. The molecule has 2 N–H and O–H groups in total. The van der Waals surface area contributed by atoms with E-state index in [2.05, 4.69) is 37.3 Å². The van der Waals surface area contributed by atoms with E-state index >= 15 is 0 Å². The fourth-order valence-corrected chi connectivity index (χ4v) is 3.49. The minimum Gasteiger partial charge on any atom is -0.411 e. The number of fused-ring (bicyclic) bond motifs is 1. The maximum Gasteiger partial charge on any atom is 0.277 e. The van der Waals surface area contributed by atoms with E-state index in [1.165, 1.54) is 11.8 Å². The average molecular weight is 393 g/mol. The fourth-order valence-electron chi connectivity index (χ4n) is 2.76. The number of anilines is 2. The summed E-state index contributed by atoms with van der Waals surface area (Å²) < 4.78 is 5.91. The summed E-state index contributed by atoms with van der Waals surface area (Å²) in [5.74, 6) is 1.74. The summed E-state index contributed by atoms with van der Waals surface area (Å²) in [6, 6.07) is 14.1. The van der Waals surface area contributed by atoms with Gasteiger partial charge in [0.05, 0.1) is 5.25 Å². The molecule has 0 aliphatic rings. The van der Waals surface area contributed by atoms with Crippen LogP contribution in [0.1, 0.15) is 18.0 Å². The summed E-state index contributed by atoms with van der Waals surface area (Å²) in [6.45, 7) is 1.96. The van der Waals surface area contributed by atoms with Gasteiger partial charge in [0.25, 0.3) is 5.22 Å². The van der Waals surface area contributed by atoms with Crippen LogP contribution in [-0.2, 0) is 0 Å². The van der Waals surface area contributed by atoms with Crippen molar-refractivity contribution in [3.63, 3.8) is 0 Å². The molecule has 4 aromatic rings. The van der Waals surface area contributed by atoms with Crippen LogP contribution < -0.4 is 10.6 Å². The van der Waals surface area contributed by atoms with Crippen LogP contribution in [0.2, 0.25) is 0 Å². The molecular formula is C19H19N7OS. The van der Waals surface area contributed by atoms with Gasteiger partial charge in [-0.15, -0.1) is 10.2 Å². The molecule has 9 heteroatoms. The molecule has 0 radical (unpaired) electrons. The van der Waals surface area contributed by atoms with Gasteiger partial charge in [-0.1, -0.05) is 48.2 Å². The molecule has 142 valence electrons. The van der Waals surface area contributed by atoms with Crippen LogP contribution >= 0.6 is 11.8 Å². The molecule has 2 aromatic heterocycles. The summed E-state index contributed by atoms with van der Waals surface area (Å²) in [5, 5.41) is 10.9. The van der Waals surface area contributed by atoms with E-state index in [4.69, 9.17) is 10.2 Å². The van der Waals surface area contributed by atoms with Crippen LogP contribution in [0, 0.1) is 0 Å². The monoisotopic (exact) mass is 393 g/mol. The topological polar surface area (TPSA) is 107 Å². The summed E-state index contributed by atoms with van der Waals surface area (Å²) in [6.07, 6.45) is 0. The number of rotatable bonds is 5. The second-order valence-electron chi connectivity index (χ2n) is 6.41. The molecule has 2 aromatic carbocycles. The van der Waals surface area contributed by atoms with E-state index in [0.717, 1.165) is 16.3 Å². The molecule has 0 saturated carbocycles. The predicted octanol–water partition coefficient (Wildman–Crippen LogP) is 3.58. The molecule has 0 fully saturated rings. The summed E-state index contributed by atoms with van der Waals surface area (Å²) in [5.41, 5.74) is 6.72. The van der Waals surface area contributed by atoms with Crippen molar-refractivity contribution in [2.75, 3.05) is 24.7 Å². The van der Waals surface area contributed by atoms with Gasteiger partial charge >= 0.3 is 0 Å². The third kappa shape index (κ3) is 3.61. The van der Waals surface area contributed by atoms with Crippen molar-refractivity contribution in [3.05, 3.63) is 48.3 Å². The number of hydrogen-bond donors (Lipinski definition) is 1. The standard InChI is InChI=1S/C19H19N7OS/c1-11(15-21-17(20)23-18(22-15)26(2)3)28-19-25-24-16(27-19)14-10-6-8-12-7-4-5-9-13(12)14/h4-11H,1-3H3,(H2,20,21,22,23). The normalized spacial score (nSPS) is 12.2. The Balaban J connectivity index is 1.60. The number of nitrogens with zero attached hydrogens (tertiary/aromatic N) is 6. The Hall–Kier alpha value is -3.20. The lowest BCUT2D eigenvalue weighted by Crippen LogP contribution is -2.16. The maximum absolute atomic E-state index is 5.91. The van der Waals surface area contributed by atoms with Crippen molar-refractivity contribution < 1.29 is 4.42 Å². The summed E-state index contributed by atoms with van der Waals surface area (Å²) >= 11 is 1.38. The van der Waals surface area contributed by atoms with Crippen molar-refractivity contribution in [2.24, 2.45) is 0 Å². The highest BCUT2D eigenvalue weighted by Crippen LogP contribution is 2.35. The Morgan fingerprint density at radius 3 is 2.61 bits per heavy atom. The molecule has 28 heavy (non-hydrogen) atoms. The molecule has 0 aliphatic carbocycles. The van der Waals surface area contributed by atoms with Crippen molar-refractivity contribution in [1.82, 2.24) is 25.1 Å². The van der Waals surface area contributed by atoms with Crippen LogP contribution in [0.4, 0.5) is 11.9 Å². The van der Waals surface area contributed by atoms with Gasteiger partial charge in [0, 0.05) is 19.7 Å². The first-order valence-corrected chi connectivity index (χ1v) is 9.56. The smallest absolute Gasteiger partial charge is 0.277 e. The number of benzene rings is 2. The van der Waals surface area contributed by atoms with Crippen LogP contribution in [0.15, 0.2) is 52.1 Å². The second kappa shape index (κ2) is 7.43. The predicted molar refractivity (Wildman–Crippen MR) is 110 cm³/mol. The van der Waals surface area contributed by atoms with Gasteiger partial charge in [0.1, 0.15) is 5.82 Å². The lowest BCUT2D eigenvalue weighted by molar-refractivity contribution is 0.465. The van der Waals surface area contributed by atoms with E-state index in [1.807, 2.05) is 51.4 Å². The van der Waals surface area contributed by atoms with E-state index in [0.29, 0.717) is 22.9 Å². The van der Waals surface area contributed by atoms with Crippen LogP contribution in [0.3, 0.4) is 0 Å². The highest BCUT2D eigenvalue weighted by Gasteiger charge is 2.19. The minimum absolute atomic E-state index is 0.134. The third-order valence-corrected chi connectivity index (χ3v) is 5.06. The molecule has 8 nitrogen and oxygen atoms in total. The number of hydrogen-bond acceptors (Lipinski definition) is 9. The maximum atomic E-state index is 5.91. The Kier molecular flexibility index (Phi) is 4.82. The number of aromatic nitrogens is 5. The van der Waals surface area contributed by atoms with E-state index in [1.54, 1.807) is 4.90 Å². The van der Waals surface area contributed by atoms with Gasteiger partial charge in [-0.25, -0.2) is 0 Å². The van der Waals surface area contributed by atoms with Gasteiger partial charge in [-0.05, 0) is 23.8 Å². The zero-order valence-electron chi connectivity index (χ0n) is 15.7. The molecule has 4 rings (SSSR count). The van der Waals surface area contributed by atoms with Crippen molar-refractivity contribution in [2.45, 2.75) is 17.4 Å². The Bertz CT molecular complexity index is 1120. The van der Waals surface area contributed by atoms with Gasteiger partial charge in [-0.3, -0.25) is 0 Å². The first-order valence-electron chi connectivity index (χ1n) is 8.68. The van der Waals surface area contributed by atoms with Crippen LogP contribution in [0.5, 0.6) is 0 Å². The molecule has 0 saturated heterocycles. The van der Waals surface area contributed by atoms with Gasteiger partial charge in [0.2, 0.25) is 17.8 Å². The zero-order chi connectivity index (χ0) is 19.7. The molecule has 0 bridgehead atoms. The third-order valence-electron chi connectivity index (χ3n) is 4.13. The fraction of sp³-hybridized carbons (Fsp3) is 0.211.